The fourth-order valence-electron chi connectivity index (χ4n) is 1.36. The van der Waals surface area contributed by atoms with Crippen molar-refractivity contribution in [2.45, 2.75) is 13.8 Å². The third-order valence-corrected chi connectivity index (χ3v) is 2.76. The molecule has 0 aromatic heterocycles. The lowest BCUT2D eigenvalue weighted by Gasteiger charge is -2.09. The molecule has 0 bridgehead atoms. The van der Waals surface area contributed by atoms with Gasteiger partial charge in [0.05, 0.1) is 6.61 Å². The number of carbonyl (C=O) groups is 1. The molecule has 102 valence electrons. The molecule has 0 fully saturated rings. The average Bonchev–Trinajstić information content (AvgIpc) is 2.38. The molecule has 19 heavy (non-hydrogen) atoms. The van der Waals surface area contributed by atoms with Crippen molar-refractivity contribution in [2.24, 2.45) is 0 Å². The Balaban J connectivity index is 2.78. The van der Waals surface area contributed by atoms with E-state index in [1.807, 2.05) is 0 Å². The van der Waals surface area contributed by atoms with Gasteiger partial charge in [0.1, 0.15) is 5.03 Å². The Morgan fingerprint density at radius 3 is 2.42 bits per heavy atom. The highest BCUT2D eigenvalue weighted by Gasteiger charge is 2.12. The van der Waals surface area contributed by atoms with Crippen LogP contribution in [0.25, 0.3) is 0 Å². The van der Waals surface area contributed by atoms with Gasteiger partial charge in [-0.05, 0) is 31.4 Å². The molecule has 0 radical (unpaired) electrons. The van der Waals surface area contributed by atoms with E-state index < -0.39 is 13.1 Å². The Bertz CT molecular complexity index is 473. The fourth-order valence-corrected chi connectivity index (χ4v) is 1.46. The summed E-state index contributed by atoms with van der Waals surface area (Å²) in [6.07, 6.45) is 0. The van der Waals surface area contributed by atoms with Crippen LogP contribution >= 0.6 is 11.6 Å². The number of rotatable bonds is 5. The van der Waals surface area contributed by atoms with E-state index in [1.165, 1.54) is 0 Å². The van der Waals surface area contributed by atoms with E-state index in [2.05, 4.69) is 5.32 Å². The third kappa shape index (κ3) is 4.59. The zero-order valence-corrected chi connectivity index (χ0v) is 11.4. The molecule has 1 aromatic carbocycles. The van der Waals surface area contributed by atoms with Gasteiger partial charge in [0.25, 0.3) is 0 Å². The van der Waals surface area contributed by atoms with Gasteiger partial charge in [-0.2, -0.15) is 0 Å². The van der Waals surface area contributed by atoms with Crippen LogP contribution in [0.5, 0.6) is 0 Å². The number of anilines is 1. The van der Waals surface area contributed by atoms with Gasteiger partial charge in [-0.25, -0.2) is 4.79 Å². The summed E-state index contributed by atoms with van der Waals surface area (Å²) in [5.74, 6) is -0.587. The van der Waals surface area contributed by atoms with Crippen molar-refractivity contribution in [3.8, 4) is 0 Å². The molecule has 0 aliphatic rings. The quantitative estimate of drug-likeness (QED) is 0.423. The maximum absolute atomic E-state index is 11.4. The molecular weight excluding hydrogens is 268 g/mol. The van der Waals surface area contributed by atoms with Crippen LogP contribution in [0.15, 0.2) is 35.0 Å². The summed E-state index contributed by atoms with van der Waals surface area (Å²) >= 11 is 5.85. The molecule has 0 saturated heterocycles. The second-order valence-electron chi connectivity index (χ2n) is 3.78. The van der Waals surface area contributed by atoms with Crippen LogP contribution in [0.4, 0.5) is 5.69 Å². The van der Waals surface area contributed by atoms with Gasteiger partial charge in [0.15, 0.2) is 0 Å². The summed E-state index contributed by atoms with van der Waals surface area (Å²) < 4.78 is 4.78. The van der Waals surface area contributed by atoms with Crippen molar-refractivity contribution in [3.63, 3.8) is 0 Å². The second-order valence-corrected chi connectivity index (χ2v) is 4.16. The standard InChI is InChI=1S/C12H15BClNO4/c1-3-19-12(16)11(14)8(2)15-10-6-4-9(5-7-10)13(17)18/h4-7,15,17-18H,3H2,1-2H3/b11-8-. The predicted octanol–water partition coefficient (Wildman–Crippen LogP) is 0.812. The Labute approximate surface area is 117 Å². The van der Waals surface area contributed by atoms with Crippen LogP contribution in [0.1, 0.15) is 13.8 Å². The lowest BCUT2D eigenvalue weighted by atomic mass is 9.80. The van der Waals surface area contributed by atoms with Crippen molar-refractivity contribution >= 4 is 35.8 Å². The number of esters is 1. The number of nitrogens with one attached hydrogen (secondary N) is 1. The van der Waals surface area contributed by atoms with Crippen LogP contribution < -0.4 is 10.8 Å². The minimum Gasteiger partial charge on any atom is -0.462 e. The number of hydrogen-bond donors (Lipinski definition) is 3. The first-order valence-corrected chi connectivity index (χ1v) is 6.10. The molecule has 0 aliphatic carbocycles. The van der Waals surface area contributed by atoms with E-state index in [1.54, 1.807) is 38.1 Å². The molecule has 0 atom stereocenters. The molecule has 0 heterocycles. The first-order chi connectivity index (χ1) is 8.95. The highest BCUT2D eigenvalue weighted by molar-refractivity contribution is 6.58. The summed E-state index contributed by atoms with van der Waals surface area (Å²) in [7, 11) is -1.51. The van der Waals surface area contributed by atoms with Crippen molar-refractivity contribution < 1.29 is 19.6 Å². The van der Waals surface area contributed by atoms with Crippen molar-refractivity contribution in [2.75, 3.05) is 11.9 Å². The van der Waals surface area contributed by atoms with Gasteiger partial charge in [-0.3, -0.25) is 0 Å². The number of carbonyl (C=O) groups excluding carboxylic acids is 1. The van der Waals surface area contributed by atoms with E-state index >= 15 is 0 Å². The molecule has 0 unspecified atom stereocenters. The highest BCUT2D eigenvalue weighted by Crippen LogP contribution is 2.15. The molecule has 1 aromatic rings. The SMILES string of the molecule is CCOC(=O)/C(Cl)=C(\C)Nc1ccc(B(O)O)cc1. The van der Waals surface area contributed by atoms with E-state index in [0.29, 0.717) is 16.8 Å². The van der Waals surface area contributed by atoms with E-state index in [4.69, 9.17) is 26.4 Å². The first kappa shape index (κ1) is 15.6. The molecule has 0 aliphatic heterocycles. The number of ether oxygens (including phenoxy) is 1. The number of hydrogen-bond acceptors (Lipinski definition) is 5. The molecule has 3 N–H and O–H groups in total. The van der Waals surface area contributed by atoms with E-state index in [9.17, 15) is 4.79 Å². The summed E-state index contributed by atoms with van der Waals surface area (Å²) in [5, 5.41) is 20.8. The molecular formula is C12H15BClNO4. The minimum absolute atomic E-state index is 0.0203. The van der Waals surface area contributed by atoms with Gasteiger partial charge in [-0.15, -0.1) is 0 Å². The van der Waals surface area contributed by atoms with Crippen LogP contribution in [0.2, 0.25) is 0 Å². The number of benzene rings is 1. The largest absolute Gasteiger partial charge is 0.488 e. The fraction of sp³-hybridized carbons (Fsp3) is 0.250. The normalized spacial score (nSPS) is 11.6. The Morgan fingerprint density at radius 1 is 1.37 bits per heavy atom. The Morgan fingerprint density at radius 2 is 1.95 bits per heavy atom. The minimum atomic E-state index is -1.51. The van der Waals surface area contributed by atoms with Crippen molar-refractivity contribution in [1.29, 1.82) is 0 Å². The van der Waals surface area contributed by atoms with Gasteiger partial charge in [0, 0.05) is 11.4 Å². The maximum Gasteiger partial charge on any atom is 0.488 e. The van der Waals surface area contributed by atoms with Crippen LogP contribution in [-0.2, 0) is 9.53 Å². The lowest BCUT2D eigenvalue weighted by Crippen LogP contribution is -2.29. The molecule has 0 spiro atoms. The lowest BCUT2D eigenvalue weighted by molar-refractivity contribution is -0.137. The van der Waals surface area contributed by atoms with Crippen LogP contribution in [0, 0.1) is 0 Å². The smallest absolute Gasteiger partial charge is 0.462 e. The van der Waals surface area contributed by atoms with Crippen molar-refractivity contribution in [3.05, 3.63) is 35.0 Å². The molecule has 0 amide bonds. The van der Waals surface area contributed by atoms with Gasteiger partial charge in [0.2, 0.25) is 0 Å². The number of halogens is 1. The number of allylic oxidation sites excluding steroid dienone is 1. The van der Waals surface area contributed by atoms with Crippen LogP contribution in [-0.4, -0.2) is 29.7 Å². The molecule has 5 nitrogen and oxygen atoms in total. The topological polar surface area (TPSA) is 78.8 Å². The molecule has 0 saturated carbocycles. The maximum atomic E-state index is 11.4. The first-order valence-electron chi connectivity index (χ1n) is 5.72. The van der Waals surface area contributed by atoms with Gasteiger partial charge < -0.3 is 20.1 Å². The highest BCUT2D eigenvalue weighted by atomic mass is 35.5. The Kier molecular flexibility index (Phi) is 5.88. The van der Waals surface area contributed by atoms with Crippen LogP contribution in [0.3, 0.4) is 0 Å². The van der Waals surface area contributed by atoms with E-state index in [0.717, 1.165) is 0 Å². The average molecular weight is 284 g/mol. The van der Waals surface area contributed by atoms with Crippen molar-refractivity contribution in [1.82, 2.24) is 0 Å². The Hall–Kier alpha value is -1.50. The zero-order chi connectivity index (χ0) is 14.4. The van der Waals surface area contributed by atoms with Gasteiger partial charge in [-0.1, -0.05) is 23.7 Å². The summed E-state index contributed by atoms with van der Waals surface area (Å²) in [6, 6.07) is 6.40. The summed E-state index contributed by atoms with van der Waals surface area (Å²) in [5.41, 5.74) is 1.51. The predicted molar refractivity (Wildman–Crippen MR) is 75.1 cm³/mol. The second kappa shape index (κ2) is 7.18. The summed E-state index contributed by atoms with van der Waals surface area (Å²) in [6.45, 7) is 3.60. The van der Waals surface area contributed by atoms with E-state index in [-0.39, 0.29) is 11.6 Å². The monoisotopic (exact) mass is 283 g/mol. The van der Waals surface area contributed by atoms with Gasteiger partial charge >= 0.3 is 13.1 Å². The molecule has 1 rings (SSSR count). The summed E-state index contributed by atoms with van der Waals surface area (Å²) in [4.78, 5) is 11.4. The molecule has 7 heteroatoms. The third-order valence-electron chi connectivity index (χ3n) is 2.32. The zero-order valence-electron chi connectivity index (χ0n) is 10.7.